The number of carbonyl (C=O) groups is 1. The van der Waals surface area contributed by atoms with Gasteiger partial charge in [0.2, 0.25) is 0 Å². The van der Waals surface area contributed by atoms with Gasteiger partial charge in [-0.05, 0) is 29.8 Å². The largest absolute Gasteiger partial charge is 0.495 e. The predicted octanol–water partition coefficient (Wildman–Crippen LogP) is 2.32. The fraction of sp³-hybridized carbons (Fsp3) is 0.222. The van der Waals surface area contributed by atoms with Crippen LogP contribution >= 0.6 is 0 Å². The van der Waals surface area contributed by atoms with E-state index in [1.165, 1.54) is 0 Å². The van der Waals surface area contributed by atoms with Gasteiger partial charge in [-0.25, -0.2) is 5.43 Å². The van der Waals surface area contributed by atoms with E-state index >= 15 is 0 Å². The van der Waals surface area contributed by atoms with Gasteiger partial charge in [-0.2, -0.15) is 5.10 Å². The number of nitrogens with one attached hydrogen (secondary N) is 2. The lowest BCUT2D eigenvalue weighted by atomic mass is 10.2. The first kappa shape index (κ1) is 17.3. The third-order valence-electron chi connectivity index (χ3n) is 3.36. The molecule has 0 spiro atoms. The molecule has 0 unspecified atom stereocenters. The lowest BCUT2D eigenvalue weighted by Gasteiger charge is -2.11. The molecule has 126 valence electrons. The van der Waals surface area contributed by atoms with Crippen molar-refractivity contribution in [2.75, 3.05) is 38.0 Å². The lowest BCUT2D eigenvalue weighted by molar-refractivity contribution is -0.119. The third kappa shape index (κ3) is 5.01. The van der Waals surface area contributed by atoms with Crippen molar-refractivity contribution in [1.82, 2.24) is 5.43 Å². The molecule has 0 saturated heterocycles. The van der Waals surface area contributed by atoms with Gasteiger partial charge < -0.3 is 15.0 Å². The fourth-order valence-corrected chi connectivity index (χ4v) is 2.04. The minimum Gasteiger partial charge on any atom is -0.495 e. The number of hydrazone groups is 1. The van der Waals surface area contributed by atoms with E-state index in [0.29, 0.717) is 5.75 Å². The van der Waals surface area contributed by atoms with Crippen LogP contribution in [0.2, 0.25) is 0 Å². The average molecular weight is 326 g/mol. The molecule has 0 aliphatic rings. The smallest absolute Gasteiger partial charge is 0.259 e. The summed E-state index contributed by atoms with van der Waals surface area (Å²) in [5, 5.41) is 6.98. The molecule has 0 atom stereocenters. The summed E-state index contributed by atoms with van der Waals surface area (Å²) in [6.07, 6.45) is 1.61. The van der Waals surface area contributed by atoms with Crippen molar-refractivity contribution < 1.29 is 9.53 Å². The SMILES string of the molecule is COc1ccccc1NCC(=O)N/N=C\c1ccc(N(C)C)cc1. The maximum Gasteiger partial charge on any atom is 0.259 e. The molecule has 0 bridgehead atoms. The number of ether oxygens (including phenoxy) is 1. The first-order valence-corrected chi connectivity index (χ1v) is 7.56. The molecule has 0 fully saturated rings. The summed E-state index contributed by atoms with van der Waals surface area (Å²) in [5.74, 6) is 0.455. The topological polar surface area (TPSA) is 66.0 Å². The standard InChI is InChI=1S/C18H22N4O2/c1-22(2)15-10-8-14(9-11-15)12-20-21-18(23)13-19-16-6-4-5-7-17(16)24-3/h4-12,19H,13H2,1-3H3,(H,21,23)/b20-12-. The number of carbonyl (C=O) groups excluding carboxylic acids is 1. The van der Waals surface area contributed by atoms with Crippen LogP contribution in [0.15, 0.2) is 53.6 Å². The minimum atomic E-state index is -0.234. The molecule has 0 aromatic heterocycles. The summed E-state index contributed by atoms with van der Waals surface area (Å²) < 4.78 is 5.22. The molecule has 2 N–H and O–H groups in total. The number of benzene rings is 2. The molecule has 0 saturated carbocycles. The highest BCUT2D eigenvalue weighted by Gasteiger charge is 2.03. The van der Waals surface area contributed by atoms with Crippen molar-refractivity contribution in [3.8, 4) is 5.75 Å². The molecule has 2 aromatic rings. The molecular formula is C18H22N4O2. The van der Waals surface area contributed by atoms with Gasteiger partial charge >= 0.3 is 0 Å². The number of para-hydroxylation sites is 2. The summed E-state index contributed by atoms with van der Waals surface area (Å²) in [4.78, 5) is 13.8. The Kier molecular flexibility index (Phi) is 6.19. The number of rotatable bonds is 7. The zero-order valence-corrected chi connectivity index (χ0v) is 14.1. The van der Waals surface area contributed by atoms with Crippen LogP contribution in [-0.4, -0.2) is 39.9 Å². The van der Waals surface area contributed by atoms with Gasteiger partial charge in [0.25, 0.3) is 5.91 Å². The molecule has 0 aliphatic carbocycles. The Hall–Kier alpha value is -3.02. The van der Waals surface area contributed by atoms with Crippen molar-refractivity contribution in [3.05, 3.63) is 54.1 Å². The minimum absolute atomic E-state index is 0.108. The molecule has 6 nitrogen and oxygen atoms in total. The first-order chi connectivity index (χ1) is 11.6. The highest BCUT2D eigenvalue weighted by Crippen LogP contribution is 2.22. The van der Waals surface area contributed by atoms with Gasteiger partial charge in [-0.1, -0.05) is 24.3 Å². The summed E-state index contributed by atoms with van der Waals surface area (Å²) in [6.45, 7) is 0.108. The summed E-state index contributed by atoms with van der Waals surface area (Å²) in [6, 6.07) is 15.3. The van der Waals surface area contributed by atoms with Crippen LogP contribution in [0.25, 0.3) is 0 Å². The van der Waals surface area contributed by atoms with Crippen LogP contribution in [0.1, 0.15) is 5.56 Å². The molecule has 24 heavy (non-hydrogen) atoms. The summed E-state index contributed by atoms with van der Waals surface area (Å²) >= 11 is 0. The van der Waals surface area contributed by atoms with Crippen LogP contribution in [0.4, 0.5) is 11.4 Å². The van der Waals surface area contributed by atoms with Crippen molar-refractivity contribution >= 4 is 23.5 Å². The molecule has 0 radical (unpaired) electrons. The van der Waals surface area contributed by atoms with E-state index in [4.69, 9.17) is 4.74 Å². The molecule has 2 aromatic carbocycles. The monoisotopic (exact) mass is 326 g/mol. The Morgan fingerprint density at radius 3 is 2.54 bits per heavy atom. The average Bonchev–Trinajstić information content (AvgIpc) is 2.60. The first-order valence-electron chi connectivity index (χ1n) is 7.56. The van der Waals surface area contributed by atoms with E-state index in [1.807, 2.05) is 67.5 Å². The van der Waals surface area contributed by atoms with Crippen LogP contribution in [0.5, 0.6) is 5.75 Å². The van der Waals surface area contributed by atoms with Gasteiger partial charge in [0.15, 0.2) is 0 Å². The van der Waals surface area contributed by atoms with Crippen molar-refractivity contribution in [3.63, 3.8) is 0 Å². The van der Waals surface area contributed by atoms with E-state index in [9.17, 15) is 4.79 Å². The summed E-state index contributed by atoms with van der Waals surface area (Å²) in [7, 11) is 5.56. The van der Waals surface area contributed by atoms with Gasteiger partial charge in [0.05, 0.1) is 25.6 Å². The third-order valence-corrected chi connectivity index (χ3v) is 3.36. The number of anilines is 2. The Bertz CT molecular complexity index is 696. The van der Waals surface area contributed by atoms with E-state index in [2.05, 4.69) is 15.8 Å². The van der Waals surface area contributed by atoms with E-state index in [0.717, 1.165) is 16.9 Å². The number of nitrogens with zero attached hydrogens (tertiary/aromatic N) is 2. The Balaban J connectivity index is 1.82. The zero-order valence-electron chi connectivity index (χ0n) is 14.1. The quantitative estimate of drug-likeness (QED) is 0.605. The second-order valence-electron chi connectivity index (χ2n) is 5.33. The van der Waals surface area contributed by atoms with Crippen molar-refractivity contribution in [1.29, 1.82) is 0 Å². The van der Waals surface area contributed by atoms with E-state index in [-0.39, 0.29) is 12.5 Å². The van der Waals surface area contributed by atoms with Gasteiger partial charge in [0.1, 0.15) is 5.75 Å². The van der Waals surface area contributed by atoms with Gasteiger partial charge in [0, 0.05) is 19.8 Å². The number of hydrogen-bond acceptors (Lipinski definition) is 5. The predicted molar refractivity (Wildman–Crippen MR) is 98.0 cm³/mol. The van der Waals surface area contributed by atoms with E-state index in [1.54, 1.807) is 13.3 Å². The van der Waals surface area contributed by atoms with Crippen molar-refractivity contribution in [2.45, 2.75) is 0 Å². The zero-order chi connectivity index (χ0) is 17.4. The maximum atomic E-state index is 11.8. The Morgan fingerprint density at radius 1 is 1.17 bits per heavy atom. The van der Waals surface area contributed by atoms with Crippen LogP contribution in [0, 0.1) is 0 Å². The Morgan fingerprint density at radius 2 is 1.88 bits per heavy atom. The summed E-state index contributed by atoms with van der Waals surface area (Å²) in [5.41, 5.74) is 5.28. The number of hydrogen-bond donors (Lipinski definition) is 2. The second-order valence-corrected chi connectivity index (χ2v) is 5.33. The Labute approximate surface area is 142 Å². The molecule has 2 rings (SSSR count). The van der Waals surface area contributed by atoms with E-state index < -0.39 is 0 Å². The lowest BCUT2D eigenvalue weighted by Crippen LogP contribution is -2.26. The highest BCUT2D eigenvalue weighted by molar-refractivity contribution is 5.84. The number of methoxy groups -OCH3 is 1. The normalized spacial score (nSPS) is 10.5. The van der Waals surface area contributed by atoms with Crippen LogP contribution < -0.4 is 20.4 Å². The molecule has 0 heterocycles. The maximum absolute atomic E-state index is 11.8. The molecular weight excluding hydrogens is 304 g/mol. The van der Waals surface area contributed by atoms with Crippen LogP contribution in [0.3, 0.4) is 0 Å². The van der Waals surface area contributed by atoms with Crippen molar-refractivity contribution in [2.24, 2.45) is 5.10 Å². The number of amides is 1. The highest BCUT2D eigenvalue weighted by atomic mass is 16.5. The van der Waals surface area contributed by atoms with Crippen LogP contribution in [-0.2, 0) is 4.79 Å². The van der Waals surface area contributed by atoms with Gasteiger partial charge in [-0.15, -0.1) is 0 Å². The van der Waals surface area contributed by atoms with Gasteiger partial charge in [-0.3, -0.25) is 4.79 Å². The molecule has 1 amide bonds. The molecule has 0 aliphatic heterocycles. The second kappa shape index (κ2) is 8.57. The fourth-order valence-electron chi connectivity index (χ4n) is 2.04. The molecule has 6 heteroatoms.